The van der Waals surface area contributed by atoms with Crippen molar-refractivity contribution >= 4 is 5.91 Å². The van der Waals surface area contributed by atoms with Crippen molar-refractivity contribution in [2.45, 2.75) is 0 Å². The van der Waals surface area contributed by atoms with Crippen molar-refractivity contribution in [2.75, 3.05) is 6.54 Å². The molecule has 0 atom stereocenters. The molecule has 0 saturated carbocycles. The Morgan fingerprint density at radius 1 is 2.00 bits per heavy atom. The van der Waals surface area contributed by atoms with E-state index in [2.05, 4.69) is 10.0 Å². The largest absolute Gasteiger partial charge is 0.289 e. The predicted molar refractivity (Wildman–Crippen MR) is 23.9 cm³/mol. The van der Waals surface area contributed by atoms with Crippen LogP contribution in [-0.2, 0) is 4.79 Å². The van der Waals surface area contributed by atoms with E-state index in [1.165, 1.54) is 5.48 Å². The molecule has 6 nitrogen and oxygen atoms in total. The average molecular weight is 116 g/mol. The molecule has 0 aromatic rings. The van der Waals surface area contributed by atoms with Gasteiger partial charge in [-0.2, -0.15) is 0 Å². The molecular weight excluding hydrogens is 112 g/mol. The number of carbonyl (C=O) groups excluding carboxylic acids is 1. The number of carbonyl (C=O) groups is 1. The molecule has 0 aliphatic heterocycles. The Labute approximate surface area is 44.7 Å². The van der Waals surface area contributed by atoms with Gasteiger partial charge in [-0.05, 0) is 5.53 Å². The first kappa shape index (κ1) is 6.74. The fourth-order valence-electron chi connectivity index (χ4n) is 0.131. The fraction of sp³-hybridized carbons (Fsp3) is 0.500. The number of azide groups is 1. The quantitative estimate of drug-likeness (QED) is 0.172. The third kappa shape index (κ3) is 2.95. The maximum Gasteiger partial charge on any atom is 0.249 e. The summed E-state index contributed by atoms with van der Waals surface area (Å²) in [5.74, 6) is -0.720. The standard InChI is InChI=1S/C2H4N4O2/c3-6-4-1-2(7)5-8/h8H,1H2,(H,5,7). The lowest BCUT2D eigenvalue weighted by Gasteiger charge is -1.86. The summed E-state index contributed by atoms with van der Waals surface area (Å²) in [6, 6.07) is 0. The topological polar surface area (TPSA) is 98.1 Å². The zero-order valence-corrected chi connectivity index (χ0v) is 3.90. The summed E-state index contributed by atoms with van der Waals surface area (Å²) in [6.07, 6.45) is 0. The molecule has 0 saturated heterocycles. The van der Waals surface area contributed by atoms with E-state index < -0.39 is 5.91 Å². The van der Waals surface area contributed by atoms with Gasteiger partial charge in [0.2, 0.25) is 5.91 Å². The second-order valence-electron chi connectivity index (χ2n) is 0.924. The Kier molecular flexibility index (Phi) is 3.30. The van der Waals surface area contributed by atoms with Gasteiger partial charge in [0.1, 0.15) is 6.54 Å². The first-order chi connectivity index (χ1) is 3.81. The van der Waals surface area contributed by atoms with E-state index >= 15 is 0 Å². The van der Waals surface area contributed by atoms with Crippen LogP contribution in [0.25, 0.3) is 10.4 Å². The maximum absolute atomic E-state index is 9.94. The van der Waals surface area contributed by atoms with Crippen LogP contribution in [0.1, 0.15) is 0 Å². The van der Waals surface area contributed by atoms with Gasteiger partial charge in [0.05, 0.1) is 0 Å². The summed E-state index contributed by atoms with van der Waals surface area (Å²) < 4.78 is 0. The Morgan fingerprint density at radius 3 is 3.00 bits per heavy atom. The number of rotatable bonds is 2. The summed E-state index contributed by atoms with van der Waals surface area (Å²) in [4.78, 5) is 12.2. The lowest BCUT2D eigenvalue weighted by molar-refractivity contribution is -0.127. The van der Waals surface area contributed by atoms with Crippen molar-refractivity contribution in [3.05, 3.63) is 10.4 Å². The molecule has 0 aromatic heterocycles. The van der Waals surface area contributed by atoms with Gasteiger partial charge < -0.3 is 0 Å². The average Bonchev–Trinajstić information content (AvgIpc) is 1.83. The molecule has 0 radical (unpaired) electrons. The summed E-state index contributed by atoms with van der Waals surface area (Å²) in [6.45, 7) is -0.368. The first-order valence-corrected chi connectivity index (χ1v) is 1.75. The van der Waals surface area contributed by atoms with E-state index in [1.807, 2.05) is 0 Å². The minimum Gasteiger partial charge on any atom is -0.289 e. The lowest BCUT2D eigenvalue weighted by atomic mass is 10.6. The molecule has 0 aliphatic carbocycles. The SMILES string of the molecule is [N-]=[N+]=NCC(=O)NO. The van der Waals surface area contributed by atoms with Gasteiger partial charge in [0.25, 0.3) is 0 Å². The second-order valence-corrected chi connectivity index (χ2v) is 0.924. The molecule has 0 aliphatic rings. The van der Waals surface area contributed by atoms with E-state index in [4.69, 9.17) is 10.7 Å². The molecule has 0 aromatic carbocycles. The van der Waals surface area contributed by atoms with Crippen LogP contribution in [0.2, 0.25) is 0 Å². The summed E-state index contributed by atoms with van der Waals surface area (Å²) >= 11 is 0. The summed E-state index contributed by atoms with van der Waals surface area (Å²) in [7, 11) is 0. The van der Waals surface area contributed by atoms with Crippen LogP contribution in [0.3, 0.4) is 0 Å². The molecule has 1 amide bonds. The van der Waals surface area contributed by atoms with E-state index in [0.717, 1.165) is 0 Å². The van der Waals surface area contributed by atoms with Crippen LogP contribution in [-0.4, -0.2) is 17.7 Å². The van der Waals surface area contributed by atoms with E-state index in [1.54, 1.807) is 0 Å². The van der Waals surface area contributed by atoms with Crippen LogP contribution in [0, 0.1) is 0 Å². The Bertz CT molecular complexity index is 126. The van der Waals surface area contributed by atoms with Crippen molar-refractivity contribution in [3.63, 3.8) is 0 Å². The number of hydroxylamine groups is 1. The third-order valence-electron chi connectivity index (χ3n) is 0.402. The molecular formula is C2H4N4O2. The number of amides is 1. The smallest absolute Gasteiger partial charge is 0.249 e. The highest BCUT2D eigenvalue weighted by Crippen LogP contribution is 1.68. The van der Waals surface area contributed by atoms with Crippen LogP contribution in [0.15, 0.2) is 5.11 Å². The van der Waals surface area contributed by atoms with Crippen molar-refractivity contribution in [2.24, 2.45) is 5.11 Å². The summed E-state index contributed by atoms with van der Waals surface area (Å²) in [5.41, 5.74) is 8.90. The van der Waals surface area contributed by atoms with Crippen LogP contribution in [0.4, 0.5) is 0 Å². The monoisotopic (exact) mass is 116 g/mol. The Morgan fingerprint density at radius 2 is 2.62 bits per heavy atom. The highest BCUT2D eigenvalue weighted by molar-refractivity contribution is 5.76. The van der Waals surface area contributed by atoms with Crippen LogP contribution >= 0.6 is 0 Å². The molecule has 2 N–H and O–H groups in total. The van der Waals surface area contributed by atoms with Gasteiger partial charge in [-0.15, -0.1) is 0 Å². The maximum atomic E-state index is 9.94. The van der Waals surface area contributed by atoms with Crippen LogP contribution in [0.5, 0.6) is 0 Å². The zero-order chi connectivity index (χ0) is 6.41. The lowest BCUT2D eigenvalue weighted by Crippen LogP contribution is -2.20. The summed E-state index contributed by atoms with van der Waals surface area (Å²) in [5, 5.41) is 10.6. The van der Waals surface area contributed by atoms with Gasteiger partial charge in [-0.25, -0.2) is 5.48 Å². The Hall–Kier alpha value is -1.26. The molecule has 0 fully saturated rings. The normalized spacial score (nSPS) is 7.12. The van der Waals surface area contributed by atoms with Gasteiger partial charge >= 0.3 is 0 Å². The number of nitrogens with one attached hydrogen (secondary N) is 1. The molecule has 0 spiro atoms. The number of nitrogens with zero attached hydrogens (tertiary/aromatic N) is 3. The molecule has 0 rings (SSSR count). The predicted octanol–water partition coefficient (Wildman–Crippen LogP) is -0.198. The van der Waals surface area contributed by atoms with Gasteiger partial charge in [0.15, 0.2) is 0 Å². The third-order valence-corrected chi connectivity index (χ3v) is 0.402. The van der Waals surface area contributed by atoms with Crippen molar-refractivity contribution in [1.29, 1.82) is 0 Å². The Balaban J connectivity index is 3.39. The number of hydrogen-bond donors (Lipinski definition) is 2. The van der Waals surface area contributed by atoms with E-state index in [9.17, 15) is 4.79 Å². The minimum atomic E-state index is -0.720. The molecule has 8 heavy (non-hydrogen) atoms. The highest BCUT2D eigenvalue weighted by atomic mass is 16.5. The van der Waals surface area contributed by atoms with Crippen LogP contribution < -0.4 is 5.48 Å². The highest BCUT2D eigenvalue weighted by Gasteiger charge is 1.91. The molecule has 44 valence electrons. The number of hydrogen-bond acceptors (Lipinski definition) is 3. The molecule has 6 heteroatoms. The van der Waals surface area contributed by atoms with Crippen molar-refractivity contribution in [3.8, 4) is 0 Å². The zero-order valence-electron chi connectivity index (χ0n) is 3.90. The van der Waals surface area contributed by atoms with Gasteiger partial charge in [-0.1, -0.05) is 5.11 Å². The van der Waals surface area contributed by atoms with Gasteiger partial charge in [-0.3, -0.25) is 10.0 Å². The molecule has 0 unspecified atom stereocenters. The second kappa shape index (κ2) is 3.91. The van der Waals surface area contributed by atoms with Crippen molar-refractivity contribution in [1.82, 2.24) is 5.48 Å². The van der Waals surface area contributed by atoms with E-state index in [0.29, 0.717) is 0 Å². The first-order valence-electron chi connectivity index (χ1n) is 1.75. The fourth-order valence-corrected chi connectivity index (χ4v) is 0.131. The van der Waals surface area contributed by atoms with Gasteiger partial charge in [0, 0.05) is 4.91 Å². The molecule has 0 bridgehead atoms. The minimum absolute atomic E-state index is 0.368. The molecule has 0 heterocycles. The van der Waals surface area contributed by atoms with Crippen molar-refractivity contribution < 1.29 is 10.0 Å². The van der Waals surface area contributed by atoms with E-state index in [-0.39, 0.29) is 6.54 Å².